The Labute approximate surface area is 99.5 Å². The quantitative estimate of drug-likeness (QED) is 0.709. The molecule has 1 rings (SSSR count). The monoisotopic (exact) mass is 240 g/mol. The number of methoxy groups -OCH3 is 1. The molecule has 0 fully saturated rings. The Kier molecular flexibility index (Phi) is 5.38. The van der Waals surface area contributed by atoms with Gasteiger partial charge in [0.1, 0.15) is 0 Å². The maximum absolute atomic E-state index is 11.1. The van der Waals surface area contributed by atoms with Crippen molar-refractivity contribution in [3.8, 4) is 0 Å². The van der Waals surface area contributed by atoms with Gasteiger partial charge < -0.3 is 19.8 Å². The summed E-state index contributed by atoms with van der Waals surface area (Å²) in [4.78, 5) is 16.7. The molecule has 0 amide bonds. The van der Waals surface area contributed by atoms with Crippen LogP contribution in [0.1, 0.15) is 10.4 Å². The van der Waals surface area contributed by atoms with Crippen LogP contribution in [0.15, 0.2) is 18.5 Å². The fourth-order valence-electron chi connectivity index (χ4n) is 1.49. The van der Waals surface area contributed by atoms with Crippen LogP contribution in [0.3, 0.4) is 0 Å². The van der Waals surface area contributed by atoms with Gasteiger partial charge in [-0.2, -0.15) is 0 Å². The van der Waals surface area contributed by atoms with Crippen LogP contribution in [-0.4, -0.2) is 54.6 Å². The number of aliphatic hydroxyl groups is 1. The van der Waals surface area contributed by atoms with Gasteiger partial charge in [0.05, 0.1) is 30.7 Å². The smallest absolute Gasteiger partial charge is 0.337 e. The lowest BCUT2D eigenvalue weighted by Gasteiger charge is -2.24. The van der Waals surface area contributed by atoms with E-state index in [9.17, 15) is 4.79 Å². The number of aromatic nitrogens is 1. The highest BCUT2D eigenvalue weighted by Gasteiger charge is 2.15. The first-order chi connectivity index (χ1) is 8.20. The van der Waals surface area contributed by atoms with Gasteiger partial charge in [-0.3, -0.25) is 4.98 Å². The minimum atomic E-state index is -1.01. The molecular weight excluding hydrogens is 224 g/mol. The van der Waals surface area contributed by atoms with Crippen molar-refractivity contribution in [3.05, 3.63) is 24.0 Å². The summed E-state index contributed by atoms with van der Waals surface area (Å²) in [6.07, 6.45) is 2.91. The van der Waals surface area contributed by atoms with E-state index < -0.39 is 5.97 Å². The van der Waals surface area contributed by atoms with Crippen molar-refractivity contribution in [2.24, 2.45) is 0 Å². The van der Waals surface area contributed by atoms with Crippen molar-refractivity contribution in [3.63, 3.8) is 0 Å². The van der Waals surface area contributed by atoms with Gasteiger partial charge in [0, 0.05) is 26.4 Å². The van der Waals surface area contributed by atoms with Crippen LogP contribution in [0.4, 0.5) is 5.69 Å². The Morgan fingerprint density at radius 1 is 1.53 bits per heavy atom. The molecule has 1 heterocycles. The zero-order valence-electron chi connectivity index (χ0n) is 9.67. The number of carboxylic acids is 1. The standard InChI is InChI=1S/C11H16N2O4/c1-17-7-5-13(4-6-14)10-8-12-3-2-9(10)11(15)16/h2-3,8,14H,4-7H2,1H3,(H,15,16). The molecule has 0 aliphatic carbocycles. The number of hydrogen-bond donors (Lipinski definition) is 2. The van der Waals surface area contributed by atoms with Crippen molar-refractivity contribution >= 4 is 11.7 Å². The molecule has 6 nitrogen and oxygen atoms in total. The number of carboxylic acid groups (broad SMARTS) is 1. The number of anilines is 1. The number of nitrogens with zero attached hydrogens (tertiary/aromatic N) is 2. The van der Waals surface area contributed by atoms with Gasteiger partial charge in [-0.15, -0.1) is 0 Å². The van der Waals surface area contributed by atoms with E-state index in [0.717, 1.165) is 0 Å². The fraction of sp³-hybridized carbons (Fsp3) is 0.455. The molecule has 0 aliphatic rings. The second-order valence-electron chi connectivity index (χ2n) is 3.40. The van der Waals surface area contributed by atoms with Crippen molar-refractivity contribution in [2.75, 3.05) is 38.3 Å². The summed E-state index contributed by atoms with van der Waals surface area (Å²) in [5, 5.41) is 18.0. The molecule has 1 aromatic heterocycles. The maximum atomic E-state index is 11.1. The van der Waals surface area contributed by atoms with E-state index in [-0.39, 0.29) is 12.2 Å². The number of aliphatic hydroxyl groups excluding tert-OH is 1. The largest absolute Gasteiger partial charge is 0.478 e. The van der Waals surface area contributed by atoms with Crippen LogP contribution in [0.5, 0.6) is 0 Å². The average Bonchev–Trinajstić information content (AvgIpc) is 2.34. The van der Waals surface area contributed by atoms with Gasteiger partial charge in [0.15, 0.2) is 0 Å². The summed E-state index contributed by atoms with van der Waals surface area (Å²) in [5.74, 6) is -1.01. The van der Waals surface area contributed by atoms with Crippen LogP contribution in [-0.2, 0) is 4.74 Å². The lowest BCUT2D eigenvalue weighted by atomic mass is 10.2. The molecule has 0 atom stereocenters. The minimum Gasteiger partial charge on any atom is -0.478 e. The predicted molar refractivity (Wildman–Crippen MR) is 62.4 cm³/mol. The van der Waals surface area contributed by atoms with E-state index in [1.54, 1.807) is 12.0 Å². The summed E-state index contributed by atoms with van der Waals surface area (Å²) in [6.45, 7) is 1.24. The van der Waals surface area contributed by atoms with Gasteiger partial charge in [0.2, 0.25) is 0 Å². The molecular formula is C11H16N2O4. The SMILES string of the molecule is COCCN(CCO)c1cnccc1C(=O)O. The molecule has 0 radical (unpaired) electrons. The first-order valence-electron chi connectivity index (χ1n) is 5.22. The Bertz CT molecular complexity index is 370. The number of carbonyl (C=O) groups is 1. The highest BCUT2D eigenvalue weighted by atomic mass is 16.5. The number of aromatic carboxylic acids is 1. The van der Waals surface area contributed by atoms with Crippen molar-refractivity contribution in [1.29, 1.82) is 0 Å². The van der Waals surface area contributed by atoms with Gasteiger partial charge >= 0.3 is 5.97 Å². The summed E-state index contributed by atoms with van der Waals surface area (Å²) < 4.78 is 4.95. The second-order valence-corrected chi connectivity index (χ2v) is 3.40. The highest BCUT2D eigenvalue weighted by Crippen LogP contribution is 2.18. The van der Waals surface area contributed by atoms with E-state index >= 15 is 0 Å². The lowest BCUT2D eigenvalue weighted by Crippen LogP contribution is -2.31. The zero-order valence-corrected chi connectivity index (χ0v) is 9.67. The van der Waals surface area contributed by atoms with E-state index in [0.29, 0.717) is 25.4 Å². The summed E-state index contributed by atoms with van der Waals surface area (Å²) in [6, 6.07) is 1.44. The Morgan fingerprint density at radius 2 is 2.29 bits per heavy atom. The molecule has 0 bridgehead atoms. The normalized spacial score (nSPS) is 10.2. The Balaban J connectivity index is 2.95. The Morgan fingerprint density at radius 3 is 2.88 bits per heavy atom. The minimum absolute atomic E-state index is 0.0579. The molecule has 0 aliphatic heterocycles. The van der Waals surface area contributed by atoms with Crippen LogP contribution in [0.25, 0.3) is 0 Å². The van der Waals surface area contributed by atoms with Crippen molar-refractivity contribution < 1.29 is 19.7 Å². The van der Waals surface area contributed by atoms with Gasteiger partial charge in [-0.05, 0) is 6.07 Å². The van der Waals surface area contributed by atoms with Crippen LogP contribution >= 0.6 is 0 Å². The number of hydrogen-bond acceptors (Lipinski definition) is 5. The molecule has 0 unspecified atom stereocenters. The third-order valence-corrected chi connectivity index (χ3v) is 2.31. The number of ether oxygens (including phenoxy) is 1. The van der Waals surface area contributed by atoms with Crippen molar-refractivity contribution in [1.82, 2.24) is 4.98 Å². The Hall–Kier alpha value is -1.66. The predicted octanol–water partition coefficient (Wildman–Crippen LogP) is 0.225. The number of pyridine rings is 1. The second kappa shape index (κ2) is 6.82. The molecule has 6 heteroatoms. The van der Waals surface area contributed by atoms with Gasteiger partial charge in [0.25, 0.3) is 0 Å². The van der Waals surface area contributed by atoms with E-state index in [1.165, 1.54) is 18.5 Å². The molecule has 2 N–H and O–H groups in total. The van der Waals surface area contributed by atoms with Crippen molar-refractivity contribution in [2.45, 2.75) is 0 Å². The van der Waals surface area contributed by atoms with E-state index in [2.05, 4.69) is 4.98 Å². The fourth-order valence-corrected chi connectivity index (χ4v) is 1.49. The first kappa shape index (κ1) is 13.4. The first-order valence-corrected chi connectivity index (χ1v) is 5.22. The van der Waals surface area contributed by atoms with E-state index in [4.69, 9.17) is 14.9 Å². The molecule has 0 spiro atoms. The van der Waals surface area contributed by atoms with Crippen LogP contribution in [0, 0.1) is 0 Å². The summed E-state index contributed by atoms with van der Waals surface area (Å²) in [5.41, 5.74) is 0.663. The molecule has 0 aromatic carbocycles. The molecule has 17 heavy (non-hydrogen) atoms. The molecule has 1 aromatic rings. The molecule has 0 saturated carbocycles. The summed E-state index contributed by atoms with van der Waals surface area (Å²) in [7, 11) is 1.57. The average molecular weight is 240 g/mol. The highest BCUT2D eigenvalue weighted by molar-refractivity contribution is 5.94. The van der Waals surface area contributed by atoms with Gasteiger partial charge in [-0.25, -0.2) is 4.79 Å². The third-order valence-electron chi connectivity index (χ3n) is 2.31. The van der Waals surface area contributed by atoms with Crippen LogP contribution < -0.4 is 4.90 Å². The van der Waals surface area contributed by atoms with E-state index in [1.807, 2.05) is 0 Å². The van der Waals surface area contributed by atoms with Crippen LogP contribution in [0.2, 0.25) is 0 Å². The maximum Gasteiger partial charge on any atom is 0.337 e. The third kappa shape index (κ3) is 3.69. The molecule has 94 valence electrons. The van der Waals surface area contributed by atoms with Gasteiger partial charge in [-0.1, -0.05) is 0 Å². The lowest BCUT2D eigenvalue weighted by molar-refractivity contribution is 0.0697. The number of rotatable bonds is 7. The molecule has 0 saturated heterocycles. The summed E-state index contributed by atoms with van der Waals surface area (Å²) >= 11 is 0. The topological polar surface area (TPSA) is 82.9 Å². The zero-order chi connectivity index (χ0) is 12.7.